The van der Waals surface area contributed by atoms with Gasteiger partial charge in [0, 0.05) is 24.3 Å². The summed E-state index contributed by atoms with van der Waals surface area (Å²) in [6.45, 7) is 11.1. The molecule has 1 aliphatic rings. The molecular weight excluding hydrogens is 348 g/mol. The third-order valence-electron chi connectivity index (χ3n) is 5.50. The van der Waals surface area contributed by atoms with E-state index in [4.69, 9.17) is 4.74 Å². The van der Waals surface area contributed by atoms with E-state index < -0.39 is 0 Å². The number of nitrogens with zero attached hydrogens (tertiary/aromatic N) is 1. The number of nitrogens with one attached hydrogen (secondary N) is 1. The lowest BCUT2D eigenvalue weighted by Crippen LogP contribution is -2.34. The van der Waals surface area contributed by atoms with Crippen molar-refractivity contribution in [3.8, 4) is 5.75 Å². The molecular formula is C24H32N2O2. The predicted molar refractivity (Wildman–Crippen MR) is 115 cm³/mol. The summed E-state index contributed by atoms with van der Waals surface area (Å²) in [6, 6.07) is 14.1. The van der Waals surface area contributed by atoms with Crippen LogP contribution in [0.1, 0.15) is 61.1 Å². The van der Waals surface area contributed by atoms with Gasteiger partial charge in [-0.3, -0.25) is 4.79 Å². The highest BCUT2D eigenvalue weighted by Crippen LogP contribution is 2.25. The van der Waals surface area contributed by atoms with Crippen molar-refractivity contribution in [1.82, 2.24) is 5.32 Å². The molecule has 1 fully saturated rings. The molecule has 0 spiro atoms. The Hall–Kier alpha value is -2.49. The summed E-state index contributed by atoms with van der Waals surface area (Å²) in [5.74, 6) is 1.52. The van der Waals surface area contributed by atoms with Crippen molar-refractivity contribution < 1.29 is 9.53 Å². The highest BCUT2D eigenvalue weighted by Gasteiger charge is 2.17. The fraction of sp³-hybridized carbons (Fsp3) is 0.458. The van der Waals surface area contributed by atoms with E-state index in [1.54, 1.807) is 0 Å². The molecule has 1 saturated heterocycles. The molecule has 4 nitrogen and oxygen atoms in total. The van der Waals surface area contributed by atoms with Crippen LogP contribution in [-0.4, -0.2) is 25.6 Å². The Bertz CT molecular complexity index is 801. The fourth-order valence-corrected chi connectivity index (χ4v) is 3.87. The second-order valence-electron chi connectivity index (χ2n) is 7.89. The van der Waals surface area contributed by atoms with Gasteiger partial charge < -0.3 is 15.0 Å². The summed E-state index contributed by atoms with van der Waals surface area (Å²) in [5.41, 5.74) is 4.02. The quantitative estimate of drug-likeness (QED) is 0.756. The molecule has 0 bridgehead atoms. The van der Waals surface area contributed by atoms with Gasteiger partial charge in [0.05, 0.1) is 12.6 Å². The molecule has 2 aromatic carbocycles. The largest absolute Gasteiger partial charge is 0.494 e. The smallest absolute Gasteiger partial charge is 0.251 e. The second-order valence-corrected chi connectivity index (χ2v) is 7.89. The SMILES string of the molecule is CCOc1ccc(C(=O)N[C@@H](C)c2ccc(N3CCC[C@H](C)C3)cc2)cc1C. The van der Waals surface area contributed by atoms with Crippen molar-refractivity contribution in [3.05, 3.63) is 59.2 Å². The van der Waals surface area contributed by atoms with Crippen molar-refractivity contribution in [2.75, 3.05) is 24.6 Å². The van der Waals surface area contributed by atoms with Gasteiger partial charge in [0.1, 0.15) is 5.75 Å². The van der Waals surface area contributed by atoms with Gasteiger partial charge in [0.25, 0.3) is 5.91 Å². The number of ether oxygens (including phenoxy) is 1. The van der Waals surface area contributed by atoms with E-state index in [9.17, 15) is 4.79 Å². The van der Waals surface area contributed by atoms with E-state index in [0.717, 1.165) is 35.9 Å². The molecule has 0 aliphatic carbocycles. The minimum atomic E-state index is -0.0624. The lowest BCUT2D eigenvalue weighted by atomic mass is 9.99. The van der Waals surface area contributed by atoms with Crippen LogP contribution < -0.4 is 15.0 Å². The van der Waals surface area contributed by atoms with E-state index in [1.165, 1.54) is 18.5 Å². The van der Waals surface area contributed by atoms with Gasteiger partial charge in [0.2, 0.25) is 0 Å². The normalized spacial score (nSPS) is 17.9. The fourth-order valence-electron chi connectivity index (χ4n) is 3.87. The zero-order valence-electron chi connectivity index (χ0n) is 17.5. The topological polar surface area (TPSA) is 41.6 Å². The van der Waals surface area contributed by atoms with Crippen molar-refractivity contribution in [2.24, 2.45) is 5.92 Å². The minimum absolute atomic E-state index is 0.0475. The van der Waals surface area contributed by atoms with Gasteiger partial charge in [-0.2, -0.15) is 0 Å². The maximum Gasteiger partial charge on any atom is 0.251 e. The molecule has 0 saturated carbocycles. The van der Waals surface area contributed by atoms with Crippen LogP contribution in [0.15, 0.2) is 42.5 Å². The second kappa shape index (κ2) is 9.13. The Morgan fingerprint density at radius 3 is 2.64 bits per heavy atom. The van der Waals surface area contributed by atoms with Crippen LogP contribution in [0.5, 0.6) is 5.75 Å². The lowest BCUT2D eigenvalue weighted by molar-refractivity contribution is 0.0939. The summed E-state index contributed by atoms with van der Waals surface area (Å²) < 4.78 is 5.55. The third kappa shape index (κ3) is 4.86. The van der Waals surface area contributed by atoms with Gasteiger partial charge in [-0.25, -0.2) is 0 Å². The van der Waals surface area contributed by atoms with Crippen LogP contribution >= 0.6 is 0 Å². The Morgan fingerprint density at radius 2 is 2.00 bits per heavy atom. The molecule has 4 heteroatoms. The van der Waals surface area contributed by atoms with Gasteiger partial charge in [-0.15, -0.1) is 0 Å². The van der Waals surface area contributed by atoms with Gasteiger partial charge in [-0.05, 0) is 81.0 Å². The molecule has 2 aromatic rings. The molecule has 28 heavy (non-hydrogen) atoms. The van der Waals surface area contributed by atoms with Crippen LogP contribution in [0.2, 0.25) is 0 Å². The summed E-state index contributed by atoms with van der Waals surface area (Å²) in [5, 5.41) is 3.10. The summed E-state index contributed by atoms with van der Waals surface area (Å²) in [6.07, 6.45) is 2.58. The highest BCUT2D eigenvalue weighted by atomic mass is 16.5. The van der Waals surface area contributed by atoms with Crippen molar-refractivity contribution in [1.29, 1.82) is 0 Å². The molecule has 1 heterocycles. The molecule has 0 unspecified atom stereocenters. The minimum Gasteiger partial charge on any atom is -0.494 e. The van der Waals surface area contributed by atoms with Crippen molar-refractivity contribution in [2.45, 2.75) is 46.6 Å². The first-order valence-corrected chi connectivity index (χ1v) is 10.4. The molecule has 1 N–H and O–H groups in total. The Morgan fingerprint density at radius 1 is 1.25 bits per heavy atom. The van der Waals surface area contributed by atoms with Gasteiger partial charge >= 0.3 is 0 Å². The molecule has 0 aromatic heterocycles. The van der Waals surface area contributed by atoms with Gasteiger partial charge in [0.15, 0.2) is 0 Å². The maximum atomic E-state index is 12.6. The van der Waals surface area contributed by atoms with Gasteiger partial charge in [-0.1, -0.05) is 19.1 Å². The van der Waals surface area contributed by atoms with E-state index in [-0.39, 0.29) is 11.9 Å². The predicted octanol–water partition coefficient (Wildman–Crippen LogP) is 5.12. The number of hydrogen-bond acceptors (Lipinski definition) is 3. The van der Waals surface area contributed by atoms with Crippen LogP contribution in [0.4, 0.5) is 5.69 Å². The maximum absolute atomic E-state index is 12.6. The number of hydrogen-bond donors (Lipinski definition) is 1. The molecule has 150 valence electrons. The average molecular weight is 381 g/mol. The summed E-state index contributed by atoms with van der Waals surface area (Å²) in [7, 11) is 0. The van der Waals surface area contributed by atoms with Crippen LogP contribution in [0.25, 0.3) is 0 Å². The number of benzene rings is 2. The molecule has 0 radical (unpaired) electrons. The van der Waals surface area contributed by atoms with Crippen molar-refractivity contribution >= 4 is 11.6 Å². The number of amides is 1. The Kier molecular flexibility index (Phi) is 6.61. The first-order chi connectivity index (χ1) is 13.5. The monoisotopic (exact) mass is 380 g/mol. The molecule has 3 rings (SSSR count). The summed E-state index contributed by atoms with van der Waals surface area (Å²) >= 11 is 0. The number of carbonyl (C=O) groups excluding carboxylic acids is 1. The molecule has 1 aliphatic heterocycles. The number of anilines is 1. The van der Waals surface area contributed by atoms with Crippen molar-refractivity contribution in [3.63, 3.8) is 0 Å². The number of piperidine rings is 1. The lowest BCUT2D eigenvalue weighted by Gasteiger charge is -2.33. The van der Waals surface area contributed by atoms with E-state index in [2.05, 4.69) is 41.4 Å². The zero-order valence-corrected chi connectivity index (χ0v) is 17.5. The summed E-state index contributed by atoms with van der Waals surface area (Å²) in [4.78, 5) is 15.1. The first-order valence-electron chi connectivity index (χ1n) is 10.4. The van der Waals surface area contributed by atoms with E-state index in [0.29, 0.717) is 12.2 Å². The third-order valence-corrected chi connectivity index (χ3v) is 5.50. The average Bonchev–Trinajstić information content (AvgIpc) is 2.69. The molecule has 2 atom stereocenters. The zero-order chi connectivity index (χ0) is 20.1. The van der Waals surface area contributed by atoms with Crippen LogP contribution in [0.3, 0.4) is 0 Å². The standard InChI is InChI=1S/C24H32N2O2/c1-5-28-23-13-10-21(15-18(23)3)24(27)25-19(4)20-8-11-22(12-9-20)26-14-6-7-17(2)16-26/h8-13,15,17,19H,5-7,14,16H2,1-4H3,(H,25,27)/t17-,19-/m0/s1. The van der Waals surface area contributed by atoms with Crippen LogP contribution in [0, 0.1) is 12.8 Å². The molecule has 1 amide bonds. The number of rotatable bonds is 6. The number of carbonyl (C=O) groups is 1. The Labute approximate surface area is 168 Å². The van der Waals surface area contributed by atoms with Crippen LogP contribution in [-0.2, 0) is 0 Å². The Balaban J connectivity index is 1.63. The van der Waals surface area contributed by atoms with E-state index in [1.807, 2.05) is 39.0 Å². The first kappa shape index (κ1) is 20.2. The highest BCUT2D eigenvalue weighted by molar-refractivity contribution is 5.94. The number of aryl methyl sites for hydroxylation is 1. The van der Waals surface area contributed by atoms with E-state index >= 15 is 0 Å².